The Morgan fingerprint density at radius 1 is 1.17 bits per heavy atom. The number of amidine groups is 1. The van der Waals surface area contributed by atoms with E-state index in [0.717, 1.165) is 20.6 Å². The molecule has 0 bridgehead atoms. The first-order valence-corrected chi connectivity index (χ1v) is 8.62. The van der Waals surface area contributed by atoms with E-state index in [1.165, 1.54) is 22.7 Å². The van der Waals surface area contributed by atoms with Crippen LogP contribution in [0.15, 0.2) is 41.9 Å². The lowest BCUT2D eigenvalue weighted by molar-refractivity contribution is 0.0993. The summed E-state index contributed by atoms with van der Waals surface area (Å²) in [6, 6.07) is 9.23. The number of aromatic nitrogens is 2. The van der Waals surface area contributed by atoms with Gasteiger partial charge in [0.05, 0.1) is 29.2 Å². The van der Waals surface area contributed by atoms with E-state index in [-0.39, 0.29) is 28.6 Å². The molecule has 5 nitrogen and oxygen atoms in total. The number of hydrogen-bond donors (Lipinski definition) is 2. The van der Waals surface area contributed by atoms with Gasteiger partial charge in [-0.05, 0) is 0 Å². The summed E-state index contributed by atoms with van der Waals surface area (Å²) >= 11 is 2.94. The van der Waals surface area contributed by atoms with Crippen LogP contribution < -0.4 is 5.73 Å². The summed E-state index contributed by atoms with van der Waals surface area (Å²) in [5.74, 6) is 0.159. The van der Waals surface area contributed by atoms with Crippen LogP contribution in [-0.2, 0) is 12.8 Å². The van der Waals surface area contributed by atoms with Crippen molar-refractivity contribution in [3.05, 3.63) is 57.5 Å². The maximum absolute atomic E-state index is 12.2. The van der Waals surface area contributed by atoms with Crippen LogP contribution in [-0.4, -0.2) is 21.6 Å². The van der Waals surface area contributed by atoms with Crippen LogP contribution in [0.25, 0.3) is 10.6 Å². The average molecular weight is 423 g/mol. The molecule has 0 radical (unpaired) electrons. The summed E-state index contributed by atoms with van der Waals surface area (Å²) in [5, 5.41) is 10.8. The molecule has 1 aromatic carbocycles. The van der Waals surface area contributed by atoms with Gasteiger partial charge in [-0.2, -0.15) is 0 Å². The minimum Gasteiger partial charge on any atom is -0.387 e. The Bertz CT molecular complexity index is 845. The lowest BCUT2D eigenvalue weighted by Gasteiger charge is -1.97. The van der Waals surface area contributed by atoms with Crippen molar-refractivity contribution in [2.75, 3.05) is 0 Å². The van der Waals surface area contributed by atoms with E-state index in [4.69, 9.17) is 11.1 Å². The van der Waals surface area contributed by atoms with Crippen molar-refractivity contribution in [2.45, 2.75) is 12.8 Å². The first kappa shape index (κ1) is 18.4. The maximum Gasteiger partial charge on any atom is 0.169 e. The van der Waals surface area contributed by atoms with Gasteiger partial charge in [-0.3, -0.25) is 10.2 Å². The van der Waals surface area contributed by atoms with Crippen molar-refractivity contribution in [1.29, 1.82) is 5.41 Å². The van der Waals surface area contributed by atoms with E-state index >= 15 is 0 Å². The highest BCUT2D eigenvalue weighted by Crippen LogP contribution is 2.28. The van der Waals surface area contributed by atoms with Crippen LogP contribution in [0.5, 0.6) is 0 Å². The number of carbonyl (C=O) groups excluding carboxylic acids is 1. The number of benzene rings is 1. The number of nitrogens with one attached hydrogen (secondary N) is 1. The molecular weight excluding hydrogens is 408 g/mol. The van der Waals surface area contributed by atoms with Crippen molar-refractivity contribution in [3.63, 3.8) is 0 Å². The molecule has 0 unspecified atom stereocenters. The normalized spacial score (nSPS) is 10.2. The molecule has 124 valence electrons. The Morgan fingerprint density at radius 3 is 2.62 bits per heavy atom. The summed E-state index contributed by atoms with van der Waals surface area (Å²) in [5.41, 5.74) is 6.90. The van der Waals surface area contributed by atoms with Crippen molar-refractivity contribution in [2.24, 2.45) is 5.73 Å². The van der Waals surface area contributed by atoms with Crippen molar-refractivity contribution < 1.29 is 4.79 Å². The second kappa shape index (κ2) is 8.27. The molecule has 0 amide bonds. The van der Waals surface area contributed by atoms with E-state index in [0.29, 0.717) is 18.4 Å². The molecule has 0 aliphatic carbocycles. The lowest BCUT2D eigenvalue weighted by atomic mass is 10.1. The molecule has 2 heterocycles. The van der Waals surface area contributed by atoms with Crippen LogP contribution in [0.2, 0.25) is 0 Å². The fourth-order valence-electron chi connectivity index (χ4n) is 2.04. The summed E-state index contributed by atoms with van der Waals surface area (Å²) in [6.07, 6.45) is 2.39. The molecule has 0 aliphatic rings. The number of hydrogen-bond acceptors (Lipinski definition) is 6. The van der Waals surface area contributed by atoms with Gasteiger partial charge in [0.25, 0.3) is 0 Å². The molecule has 0 atom stereocenters. The van der Waals surface area contributed by atoms with Crippen molar-refractivity contribution >= 4 is 51.3 Å². The highest BCUT2D eigenvalue weighted by Gasteiger charge is 2.13. The minimum atomic E-state index is 0. The van der Waals surface area contributed by atoms with Gasteiger partial charge in [-0.15, -0.1) is 39.7 Å². The van der Waals surface area contributed by atoms with Gasteiger partial charge in [0.2, 0.25) is 0 Å². The number of nitrogens with two attached hydrogens (primary N) is 1. The zero-order valence-corrected chi connectivity index (χ0v) is 15.9. The molecule has 2 aromatic heterocycles. The quantitative estimate of drug-likeness (QED) is 0.359. The predicted octanol–water partition coefficient (Wildman–Crippen LogP) is 3.75. The third kappa shape index (κ3) is 4.56. The second-order valence-corrected chi connectivity index (χ2v) is 6.97. The van der Waals surface area contributed by atoms with Crippen LogP contribution in [0.4, 0.5) is 0 Å². The second-order valence-electron chi connectivity index (χ2n) is 4.91. The van der Waals surface area contributed by atoms with Gasteiger partial charge in [-0.1, -0.05) is 30.3 Å². The monoisotopic (exact) mass is 422 g/mol. The largest absolute Gasteiger partial charge is 0.387 e. The molecule has 8 heteroatoms. The molecule has 0 saturated heterocycles. The standard InChI is InChI=1S/C16H14N4OS2.BrH/c17-14(18)7-15-19-8-13(23-15)11-9-22-16(20-11)6-12(21)10-4-2-1-3-5-10;/h1-5,8-9H,6-7H2,(H3,17,18);1H. The zero-order chi connectivity index (χ0) is 16.2. The van der Waals surface area contributed by atoms with E-state index in [1.807, 2.05) is 35.7 Å². The van der Waals surface area contributed by atoms with Gasteiger partial charge in [-0.25, -0.2) is 9.97 Å². The number of Topliss-reactive ketones (excluding diaryl/α,β-unsaturated/α-hetero) is 1. The third-order valence-corrected chi connectivity index (χ3v) is 4.98. The molecule has 0 aliphatic heterocycles. The molecule has 0 fully saturated rings. The predicted molar refractivity (Wildman–Crippen MR) is 104 cm³/mol. The fourth-order valence-corrected chi connectivity index (χ4v) is 3.81. The van der Waals surface area contributed by atoms with Crippen LogP contribution in [0.1, 0.15) is 20.4 Å². The molecular formula is C16H15BrN4OS2. The summed E-state index contributed by atoms with van der Waals surface area (Å²) in [7, 11) is 0. The van der Waals surface area contributed by atoms with Crippen LogP contribution in [0, 0.1) is 5.41 Å². The number of halogens is 1. The number of nitrogens with zero attached hydrogens (tertiary/aromatic N) is 2. The smallest absolute Gasteiger partial charge is 0.169 e. The number of carbonyl (C=O) groups is 1. The topological polar surface area (TPSA) is 92.7 Å². The van der Waals surface area contributed by atoms with Gasteiger partial charge in [0.1, 0.15) is 10.0 Å². The van der Waals surface area contributed by atoms with Gasteiger partial charge >= 0.3 is 0 Å². The summed E-state index contributed by atoms with van der Waals surface area (Å²) in [6.45, 7) is 0. The average Bonchev–Trinajstić information content (AvgIpc) is 3.17. The summed E-state index contributed by atoms with van der Waals surface area (Å²) in [4.78, 5) is 21.9. The maximum atomic E-state index is 12.2. The Balaban J connectivity index is 0.00000208. The van der Waals surface area contributed by atoms with Crippen molar-refractivity contribution in [1.82, 2.24) is 9.97 Å². The molecule has 3 N–H and O–H groups in total. The lowest BCUT2D eigenvalue weighted by Crippen LogP contribution is -2.12. The number of rotatable bonds is 6. The van der Waals surface area contributed by atoms with Gasteiger partial charge in [0, 0.05) is 17.1 Å². The zero-order valence-electron chi connectivity index (χ0n) is 12.6. The van der Waals surface area contributed by atoms with E-state index in [2.05, 4.69) is 9.97 Å². The Morgan fingerprint density at radius 2 is 1.92 bits per heavy atom. The van der Waals surface area contributed by atoms with Gasteiger partial charge in [0.15, 0.2) is 5.78 Å². The summed E-state index contributed by atoms with van der Waals surface area (Å²) < 4.78 is 0. The molecule has 0 spiro atoms. The minimum absolute atomic E-state index is 0. The number of thiazole rings is 2. The Labute approximate surface area is 157 Å². The Hall–Kier alpha value is -1.90. The first-order valence-electron chi connectivity index (χ1n) is 6.92. The van der Waals surface area contributed by atoms with Crippen molar-refractivity contribution in [3.8, 4) is 10.6 Å². The van der Waals surface area contributed by atoms with E-state index in [9.17, 15) is 4.79 Å². The SMILES string of the molecule is Br.N=C(N)Cc1ncc(-c2csc(CC(=O)c3ccccc3)n2)s1. The fraction of sp³-hybridized carbons (Fsp3) is 0.125. The molecule has 3 rings (SSSR count). The van der Waals surface area contributed by atoms with E-state index < -0.39 is 0 Å². The third-order valence-electron chi connectivity index (χ3n) is 3.11. The molecule has 3 aromatic rings. The Kier molecular flexibility index (Phi) is 6.36. The first-order chi connectivity index (χ1) is 11.1. The van der Waals surface area contributed by atoms with Gasteiger partial charge < -0.3 is 5.73 Å². The van der Waals surface area contributed by atoms with Crippen LogP contribution in [0.3, 0.4) is 0 Å². The highest BCUT2D eigenvalue weighted by atomic mass is 79.9. The van der Waals surface area contributed by atoms with Crippen LogP contribution >= 0.6 is 39.7 Å². The van der Waals surface area contributed by atoms with E-state index in [1.54, 1.807) is 6.20 Å². The highest BCUT2D eigenvalue weighted by molar-refractivity contribution is 8.93. The molecule has 24 heavy (non-hydrogen) atoms. The number of ketones is 1. The molecule has 0 saturated carbocycles.